The highest BCUT2D eigenvalue weighted by Gasteiger charge is 2.20. The number of nitrogens with one attached hydrogen (secondary N) is 1. The zero-order valence-electron chi connectivity index (χ0n) is 22.5. The molecular formula is C31H32N4O5. The van der Waals surface area contributed by atoms with Gasteiger partial charge in [-0.25, -0.2) is 9.97 Å². The molecule has 1 N–H and O–H groups in total. The second kappa shape index (κ2) is 12.6. The molecule has 0 spiro atoms. The lowest BCUT2D eigenvalue weighted by molar-refractivity contribution is -0.113. The van der Waals surface area contributed by atoms with E-state index in [0.29, 0.717) is 46.4 Å². The van der Waals surface area contributed by atoms with Crippen molar-refractivity contribution in [3.63, 3.8) is 0 Å². The standard InChI is InChI=1S/C31H32N4O5/c1-3-14-39-28-10-7-21(16-24(28)23-17-22(36)8-9-27(23)37)34-31-25-18-29(38-2)30(19-26(25)32-20-33-31)40-15-6-13-35-11-4-5-12-35/h3,7-10,16-20H,1,4-6,11-15H2,2H3,(H,32,33,34). The number of benzene rings is 2. The number of carbonyl (C=O) groups excluding carboxylic acids is 2. The molecule has 1 fully saturated rings. The number of fused-ring (bicyclic) bond motifs is 1. The van der Waals surface area contributed by atoms with Gasteiger partial charge in [-0.05, 0) is 74.8 Å². The first-order valence-electron chi connectivity index (χ1n) is 13.4. The molecule has 5 rings (SSSR count). The van der Waals surface area contributed by atoms with Gasteiger partial charge >= 0.3 is 0 Å². The van der Waals surface area contributed by atoms with E-state index in [1.165, 1.54) is 50.5 Å². The average molecular weight is 541 g/mol. The Morgan fingerprint density at radius 2 is 1.88 bits per heavy atom. The fraction of sp³-hybridized carbons (Fsp3) is 0.290. The van der Waals surface area contributed by atoms with Crippen LogP contribution >= 0.6 is 0 Å². The Bertz CT molecular complexity index is 1490. The summed E-state index contributed by atoms with van der Waals surface area (Å²) in [4.78, 5) is 36.0. The Hall–Kier alpha value is -4.50. The Labute approximate surface area is 233 Å². The predicted molar refractivity (Wildman–Crippen MR) is 154 cm³/mol. The zero-order valence-corrected chi connectivity index (χ0v) is 22.5. The van der Waals surface area contributed by atoms with Crippen LogP contribution in [-0.2, 0) is 9.59 Å². The van der Waals surface area contributed by atoms with Crippen LogP contribution in [0, 0.1) is 0 Å². The Balaban J connectivity index is 1.40. The molecule has 1 aromatic heterocycles. The SMILES string of the molecule is C=CCOc1ccc(Nc2ncnc3cc(OCCCN4CCCC4)c(OC)cc23)cc1C1=CC(=O)C=CC1=O. The minimum atomic E-state index is -0.273. The van der Waals surface area contributed by atoms with E-state index in [0.717, 1.165) is 18.4 Å². The third kappa shape index (κ3) is 6.21. The predicted octanol–water partition coefficient (Wildman–Crippen LogP) is 4.90. The lowest BCUT2D eigenvalue weighted by atomic mass is 9.95. The van der Waals surface area contributed by atoms with Gasteiger partial charge in [-0.3, -0.25) is 9.59 Å². The number of hydrogen-bond donors (Lipinski definition) is 1. The summed E-state index contributed by atoms with van der Waals surface area (Å²) in [5, 5.41) is 4.06. The number of anilines is 2. The van der Waals surface area contributed by atoms with Crippen molar-refractivity contribution in [2.24, 2.45) is 0 Å². The van der Waals surface area contributed by atoms with E-state index in [-0.39, 0.29) is 23.7 Å². The van der Waals surface area contributed by atoms with Gasteiger partial charge in [-0.1, -0.05) is 12.7 Å². The normalized spacial score (nSPS) is 15.3. The van der Waals surface area contributed by atoms with Crippen molar-refractivity contribution in [3.8, 4) is 17.2 Å². The van der Waals surface area contributed by atoms with Crippen molar-refractivity contribution in [3.05, 3.63) is 73.1 Å². The summed E-state index contributed by atoms with van der Waals surface area (Å²) in [6, 6.07) is 9.04. The number of likely N-dealkylation sites (tertiary alicyclic amines) is 1. The molecule has 3 aromatic rings. The first kappa shape index (κ1) is 27.1. The van der Waals surface area contributed by atoms with E-state index in [1.807, 2.05) is 18.2 Å². The van der Waals surface area contributed by atoms with Crippen molar-refractivity contribution in [2.75, 3.05) is 45.3 Å². The van der Waals surface area contributed by atoms with Crippen molar-refractivity contribution < 1.29 is 23.8 Å². The molecule has 2 aromatic carbocycles. The van der Waals surface area contributed by atoms with Crippen LogP contribution in [-0.4, -0.2) is 66.4 Å². The van der Waals surface area contributed by atoms with Gasteiger partial charge in [0.15, 0.2) is 23.1 Å². The second-order valence-corrected chi connectivity index (χ2v) is 9.59. The third-order valence-corrected chi connectivity index (χ3v) is 6.84. The molecule has 2 heterocycles. The van der Waals surface area contributed by atoms with Crippen LogP contribution in [0.15, 0.2) is 67.5 Å². The van der Waals surface area contributed by atoms with Crippen molar-refractivity contribution in [2.45, 2.75) is 19.3 Å². The number of methoxy groups -OCH3 is 1. The van der Waals surface area contributed by atoms with Gasteiger partial charge in [0.25, 0.3) is 0 Å². The van der Waals surface area contributed by atoms with E-state index in [2.05, 4.69) is 26.8 Å². The molecule has 1 aliphatic heterocycles. The van der Waals surface area contributed by atoms with E-state index < -0.39 is 0 Å². The summed E-state index contributed by atoms with van der Waals surface area (Å²) in [6.07, 6.45) is 10.4. The molecule has 0 bridgehead atoms. The summed E-state index contributed by atoms with van der Waals surface area (Å²) < 4.78 is 17.5. The highest BCUT2D eigenvalue weighted by Crippen LogP contribution is 2.36. The van der Waals surface area contributed by atoms with Crippen molar-refractivity contribution >= 4 is 39.5 Å². The summed E-state index contributed by atoms with van der Waals surface area (Å²) in [5.41, 5.74) is 2.10. The fourth-order valence-corrected chi connectivity index (χ4v) is 4.86. The maximum atomic E-state index is 12.6. The molecule has 1 aliphatic carbocycles. The van der Waals surface area contributed by atoms with E-state index in [9.17, 15) is 9.59 Å². The Morgan fingerprint density at radius 3 is 2.67 bits per heavy atom. The van der Waals surface area contributed by atoms with Crippen LogP contribution in [0.2, 0.25) is 0 Å². The van der Waals surface area contributed by atoms with Gasteiger partial charge in [-0.2, -0.15) is 0 Å². The van der Waals surface area contributed by atoms with Gasteiger partial charge in [0, 0.05) is 34.8 Å². The van der Waals surface area contributed by atoms with Gasteiger partial charge in [0.2, 0.25) is 0 Å². The number of ether oxygens (including phenoxy) is 3. The summed E-state index contributed by atoms with van der Waals surface area (Å²) in [6.45, 7) is 7.89. The number of rotatable bonds is 12. The maximum Gasteiger partial charge on any atom is 0.186 e. The molecule has 0 unspecified atom stereocenters. The van der Waals surface area contributed by atoms with E-state index >= 15 is 0 Å². The van der Waals surface area contributed by atoms with Crippen LogP contribution in [0.5, 0.6) is 17.2 Å². The van der Waals surface area contributed by atoms with Crippen molar-refractivity contribution in [1.29, 1.82) is 0 Å². The van der Waals surface area contributed by atoms with E-state index in [1.54, 1.807) is 25.3 Å². The average Bonchev–Trinajstić information content (AvgIpc) is 3.49. The number of nitrogens with zero attached hydrogens (tertiary/aromatic N) is 3. The summed E-state index contributed by atoms with van der Waals surface area (Å²) in [5.74, 6) is 1.70. The van der Waals surface area contributed by atoms with Gasteiger partial charge in [-0.15, -0.1) is 0 Å². The summed E-state index contributed by atoms with van der Waals surface area (Å²) >= 11 is 0. The molecule has 2 aliphatic rings. The van der Waals surface area contributed by atoms with Crippen LogP contribution in [0.4, 0.5) is 11.5 Å². The molecule has 206 valence electrons. The van der Waals surface area contributed by atoms with Crippen LogP contribution in [0.25, 0.3) is 16.5 Å². The highest BCUT2D eigenvalue weighted by molar-refractivity contribution is 6.34. The molecule has 1 saturated heterocycles. The van der Waals surface area contributed by atoms with E-state index in [4.69, 9.17) is 14.2 Å². The summed E-state index contributed by atoms with van der Waals surface area (Å²) in [7, 11) is 1.61. The Kier molecular flexibility index (Phi) is 8.51. The largest absolute Gasteiger partial charge is 0.493 e. The molecule has 0 amide bonds. The molecule has 40 heavy (non-hydrogen) atoms. The molecule has 0 radical (unpaired) electrons. The van der Waals surface area contributed by atoms with Crippen LogP contribution in [0.1, 0.15) is 24.8 Å². The molecule has 9 heteroatoms. The molecule has 9 nitrogen and oxygen atoms in total. The third-order valence-electron chi connectivity index (χ3n) is 6.84. The maximum absolute atomic E-state index is 12.6. The highest BCUT2D eigenvalue weighted by atomic mass is 16.5. The smallest absolute Gasteiger partial charge is 0.186 e. The first-order valence-corrected chi connectivity index (χ1v) is 13.4. The lowest BCUT2D eigenvalue weighted by Gasteiger charge is -2.17. The van der Waals surface area contributed by atoms with Gasteiger partial charge < -0.3 is 24.4 Å². The second-order valence-electron chi connectivity index (χ2n) is 9.59. The van der Waals surface area contributed by atoms with Crippen LogP contribution in [0.3, 0.4) is 0 Å². The quantitative estimate of drug-likeness (QED) is 0.195. The number of allylic oxidation sites excluding steroid dienone is 4. The topological polar surface area (TPSA) is 103 Å². The molecule has 0 saturated carbocycles. The molecule has 0 atom stereocenters. The van der Waals surface area contributed by atoms with Crippen LogP contribution < -0.4 is 19.5 Å². The number of carbonyl (C=O) groups is 2. The number of ketones is 2. The zero-order chi connectivity index (χ0) is 27.9. The van der Waals surface area contributed by atoms with Crippen molar-refractivity contribution in [1.82, 2.24) is 14.9 Å². The first-order chi connectivity index (χ1) is 19.6. The fourth-order valence-electron chi connectivity index (χ4n) is 4.86. The van der Waals surface area contributed by atoms with Gasteiger partial charge in [0.05, 0.1) is 19.2 Å². The minimum Gasteiger partial charge on any atom is -0.493 e. The lowest BCUT2D eigenvalue weighted by Crippen LogP contribution is -2.21. The minimum absolute atomic E-state index is 0.254. The number of hydrogen-bond acceptors (Lipinski definition) is 9. The van der Waals surface area contributed by atoms with Gasteiger partial charge in [0.1, 0.15) is 24.5 Å². The Morgan fingerprint density at radius 1 is 1.02 bits per heavy atom. The monoisotopic (exact) mass is 540 g/mol. The molecular weight excluding hydrogens is 508 g/mol. The number of aromatic nitrogens is 2.